The van der Waals surface area contributed by atoms with Crippen LogP contribution in [0, 0.1) is 0 Å². The summed E-state index contributed by atoms with van der Waals surface area (Å²) in [6, 6.07) is 6.81. The lowest BCUT2D eigenvalue weighted by molar-refractivity contribution is -0.136. The molecule has 3 aromatic rings. The van der Waals surface area contributed by atoms with E-state index in [9.17, 15) is 4.79 Å². The van der Waals surface area contributed by atoms with Crippen LogP contribution in [0.3, 0.4) is 0 Å². The molecule has 0 aliphatic carbocycles. The van der Waals surface area contributed by atoms with E-state index in [0.29, 0.717) is 45.3 Å². The second-order valence-corrected chi connectivity index (χ2v) is 5.53. The highest BCUT2D eigenvalue weighted by molar-refractivity contribution is 5.92. The predicted octanol–water partition coefficient (Wildman–Crippen LogP) is 3.08. The Kier molecular flexibility index (Phi) is 5.25. The van der Waals surface area contributed by atoms with Crippen LogP contribution in [0.15, 0.2) is 36.7 Å². The van der Waals surface area contributed by atoms with E-state index >= 15 is 0 Å². The van der Waals surface area contributed by atoms with Crippen molar-refractivity contribution in [3.8, 4) is 28.7 Å². The van der Waals surface area contributed by atoms with Gasteiger partial charge < -0.3 is 24.1 Å². The fourth-order valence-electron chi connectivity index (χ4n) is 2.65. The van der Waals surface area contributed by atoms with E-state index in [1.165, 1.54) is 13.3 Å². The first-order valence-corrected chi connectivity index (χ1v) is 7.99. The molecule has 27 heavy (non-hydrogen) atoms. The van der Waals surface area contributed by atoms with Crippen LogP contribution in [-0.4, -0.2) is 42.4 Å². The molecule has 2 aromatic heterocycles. The van der Waals surface area contributed by atoms with Crippen molar-refractivity contribution in [1.29, 1.82) is 0 Å². The largest absolute Gasteiger partial charge is 0.497 e. The Bertz CT molecular complexity index is 989. The number of hydrogen-bond acceptors (Lipinski definition) is 7. The van der Waals surface area contributed by atoms with E-state index in [4.69, 9.17) is 24.1 Å². The second kappa shape index (κ2) is 7.77. The number of methoxy groups -OCH3 is 3. The minimum atomic E-state index is -0.992. The van der Waals surface area contributed by atoms with Crippen LogP contribution in [-0.2, 0) is 11.2 Å². The van der Waals surface area contributed by atoms with Crippen molar-refractivity contribution < 1.29 is 28.8 Å². The molecule has 2 heterocycles. The third kappa shape index (κ3) is 3.84. The molecule has 0 fully saturated rings. The summed E-state index contributed by atoms with van der Waals surface area (Å²) in [5, 5.41) is 9.63. The van der Waals surface area contributed by atoms with Gasteiger partial charge in [0, 0.05) is 24.4 Å². The van der Waals surface area contributed by atoms with Crippen molar-refractivity contribution in [2.75, 3.05) is 21.3 Å². The Hall–Kier alpha value is -3.55. The van der Waals surface area contributed by atoms with Crippen molar-refractivity contribution in [2.24, 2.45) is 0 Å². The summed E-state index contributed by atoms with van der Waals surface area (Å²) in [7, 11) is 4.57. The standard InChI is InChI=1S/C19H18N2O6/c1-24-11-6-14-19(17(7-11)26-3)15(4-5-20-14)27-12-8-16(25-2)13(21-10-12)9-18(22)23/h4-8,10H,9H2,1-3H3,(H,22,23). The fraction of sp³-hybridized carbons (Fsp3) is 0.211. The minimum absolute atomic E-state index is 0.241. The monoisotopic (exact) mass is 370 g/mol. The van der Waals surface area contributed by atoms with Gasteiger partial charge in [-0.25, -0.2) is 0 Å². The maximum absolute atomic E-state index is 10.9. The molecular weight excluding hydrogens is 352 g/mol. The number of hydrogen-bond donors (Lipinski definition) is 1. The minimum Gasteiger partial charge on any atom is -0.497 e. The molecular formula is C19H18N2O6. The quantitative estimate of drug-likeness (QED) is 0.677. The highest BCUT2D eigenvalue weighted by Crippen LogP contribution is 2.38. The number of carboxylic acid groups (broad SMARTS) is 1. The first kappa shape index (κ1) is 18.2. The van der Waals surface area contributed by atoms with Gasteiger partial charge in [0.1, 0.15) is 28.7 Å². The first-order chi connectivity index (χ1) is 13.0. The lowest BCUT2D eigenvalue weighted by atomic mass is 10.1. The molecule has 1 N–H and O–H groups in total. The van der Waals surface area contributed by atoms with Crippen molar-refractivity contribution in [3.63, 3.8) is 0 Å². The smallest absolute Gasteiger partial charge is 0.309 e. The number of carboxylic acids is 1. The van der Waals surface area contributed by atoms with Crippen LogP contribution in [0.4, 0.5) is 0 Å². The number of aromatic nitrogens is 2. The fourth-order valence-corrected chi connectivity index (χ4v) is 2.65. The number of nitrogens with zero attached hydrogens (tertiary/aromatic N) is 2. The van der Waals surface area contributed by atoms with Crippen molar-refractivity contribution >= 4 is 16.9 Å². The lowest BCUT2D eigenvalue weighted by Gasteiger charge is -2.14. The van der Waals surface area contributed by atoms with Gasteiger partial charge in [-0.1, -0.05) is 0 Å². The average Bonchev–Trinajstić information content (AvgIpc) is 2.67. The van der Waals surface area contributed by atoms with E-state index in [1.54, 1.807) is 44.7 Å². The molecule has 0 unspecified atom stereocenters. The molecule has 0 amide bonds. The number of benzene rings is 1. The maximum Gasteiger partial charge on any atom is 0.309 e. The molecule has 0 saturated heterocycles. The average molecular weight is 370 g/mol. The number of pyridine rings is 2. The van der Waals surface area contributed by atoms with E-state index in [1.807, 2.05) is 0 Å². The molecule has 140 valence electrons. The zero-order valence-corrected chi connectivity index (χ0v) is 15.1. The topological polar surface area (TPSA) is 100 Å². The van der Waals surface area contributed by atoms with Crippen LogP contribution in [0.5, 0.6) is 28.7 Å². The number of fused-ring (bicyclic) bond motifs is 1. The molecule has 0 atom stereocenters. The molecule has 8 heteroatoms. The van der Waals surface area contributed by atoms with E-state index in [2.05, 4.69) is 9.97 Å². The Morgan fingerprint density at radius 1 is 0.963 bits per heavy atom. The van der Waals surface area contributed by atoms with Gasteiger partial charge in [-0.15, -0.1) is 0 Å². The summed E-state index contributed by atoms with van der Waals surface area (Å²) < 4.78 is 21.9. The Labute approximate surface area is 155 Å². The van der Waals surface area contributed by atoms with Gasteiger partial charge in [0.05, 0.1) is 50.5 Å². The summed E-state index contributed by atoms with van der Waals surface area (Å²) in [6.45, 7) is 0. The zero-order chi connectivity index (χ0) is 19.4. The summed E-state index contributed by atoms with van der Waals surface area (Å²) in [4.78, 5) is 19.4. The zero-order valence-electron chi connectivity index (χ0n) is 15.1. The van der Waals surface area contributed by atoms with Gasteiger partial charge in [-0.2, -0.15) is 0 Å². The lowest BCUT2D eigenvalue weighted by Crippen LogP contribution is -2.05. The van der Waals surface area contributed by atoms with Crippen LogP contribution >= 0.6 is 0 Å². The SMILES string of the molecule is COc1cc(OC)c2c(Oc3cnc(CC(=O)O)c(OC)c3)ccnc2c1. The van der Waals surface area contributed by atoms with Crippen LogP contribution < -0.4 is 18.9 Å². The third-order valence-electron chi connectivity index (χ3n) is 3.87. The molecule has 0 saturated carbocycles. The van der Waals surface area contributed by atoms with Gasteiger partial charge >= 0.3 is 5.97 Å². The molecule has 3 rings (SSSR count). The molecule has 1 aromatic carbocycles. The number of aliphatic carboxylic acids is 1. The Morgan fingerprint density at radius 2 is 1.70 bits per heavy atom. The highest BCUT2D eigenvalue weighted by Gasteiger charge is 2.15. The second-order valence-electron chi connectivity index (χ2n) is 5.53. The maximum atomic E-state index is 10.9. The number of ether oxygens (including phenoxy) is 4. The third-order valence-corrected chi connectivity index (χ3v) is 3.87. The van der Waals surface area contributed by atoms with Crippen LogP contribution in [0.25, 0.3) is 10.9 Å². The van der Waals surface area contributed by atoms with Gasteiger partial charge in [0.2, 0.25) is 0 Å². The first-order valence-electron chi connectivity index (χ1n) is 7.99. The summed E-state index contributed by atoms with van der Waals surface area (Å²) >= 11 is 0. The molecule has 0 aliphatic heterocycles. The molecule has 8 nitrogen and oxygen atoms in total. The van der Waals surface area contributed by atoms with Crippen molar-refractivity contribution in [2.45, 2.75) is 6.42 Å². The summed E-state index contributed by atoms with van der Waals surface area (Å²) in [6.07, 6.45) is 2.82. The van der Waals surface area contributed by atoms with Crippen molar-refractivity contribution in [3.05, 3.63) is 42.4 Å². The van der Waals surface area contributed by atoms with Gasteiger partial charge in [-0.05, 0) is 6.07 Å². The predicted molar refractivity (Wildman–Crippen MR) is 97.0 cm³/mol. The molecule has 0 aliphatic rings. The normalized spacial score (nSPS) is 10.5. The van der Waals surface area contributed by atoms with E-state index in [-0.39, 0.29) is 6.42 Å². The molecule has 0 spiro atoms. The Morgan fingerprint density at radius 3 is 2.37 bits per heavy atom. The summed E-state index contributed by atoms with van der Waals surface area (Å²) in [5.41, 5.74) is 0.963. The van der Waals surface area contributed by atoms with Crippen LogP contribution in [0.2, 0.25) is 0 Å². The van der Waals surface area contributed by atoms with Crippen LogP contribution in [0.1, 0.15) is 5.69 Å². The van der Waals surface area contributed by atoms with Gasteiger partial charge in [0.15, 0.2) is 0 Å². The van der Waals surface area contributed by atoms with Gasteiger partial charge in [-0.3, -0.25) is 14.8 Å². The number of rotatable bonds is 7. The van der Waals surface area contributed by atoms with E-state index in [0.717, 1.165) is 0 Å². The summed E-state index contributed by atoms with van der Waals surface area (Å²) in [5.74, 6) is 1.41. The van der Waals surface area contributed by atoms with Gasteiger partial charge in [0.25, 0.3) is 0 Å². The number of carbonyl (C=O) groups is 1. The Balaban J connectivity index is 2.03. The van der Waals surface area contributed by atoms with Crippen molar-refractivity contribution in [1.82, 2.24) is 9.97 Å². The molecule has 0 bridgehead atoms. The highest BCUT2D eigenvalue weighted by atomic mass is 16.5. The van der Waals surface area contributed by atoms with E-state index < -0.39 is 5.97 Å². The molecule has 0 radical (unpaired) electrons.